The topological polar surface area (TPSA) is 66.5 Å². The first-order valence-electron chi connectivity index (χ1n) is 8.12. The van der Waals surface area contributed by atoms with E-state index in [1.54, 1.807) is 0 Å². The molecule has 0 atom stereocenters. The van der Waals surface area contributed by atoms with Gasteiger partial charge in [0.1, 0.15) is 0 Å². The quantitative estimate of drug-likeness (QED) is 0.535. The SMILES string of the molecule is CN1c2ccccc2C(=O)/C(=C\Nc2cc(C(F)(F)F)cc(C(F)(F)F)c2)S1(=O)=O. The summed E-state index contributed by atoms with van der Waals surface area (Å²) in [5.74, 6) is -0.945. The lowest BCUT2D eigenvalue weighted by atomic mass is 10.1. The predicted octanol–water partition coefficient (Wildman–Crippen LogP) is 4.64. The van der Waals surface area contributed by atoms with E-state index in [0.717, 1.165) is 4.31 Å². The van der Waals surface area contributed by atoms with E-state index in [0.29, 0.717) is 18.3 Å². The molecule has 1 aliphatic rings. The molecule has 3 rings (SSSR count). The van der Waals surface area contributed by atoms with E-state index < -0.39 is 49.9 Å². The van der Waals surface area contributed by atoms with Gasteiger partial charge < -0.3 is 5.32 Å². The van der Waals surface area contributed by atoms with Crippen molar-refractivity contribution in [3.8, 4) is 0 Å². The van der Waals surface area contributed by atoms with Gasteiger partial charge in [-0.3, -0.25) is 9.10 Å². The van der Waals surface area contributed by atoms with Crippen LogP contribution < -0.4 is 9.62 Å². The molecule has 0 spiro atoms. The normalized spacial score (nSPS) is 17.8. The molecule has 30 heavy (non-hydrogen) atoms. The number of fused-ring (bicyclic) bond motifs is 1. The minimum Gasteiger partial charge on any atom is -0.360 e. The van der Waals surface area contributed by atoms with Crippen molar-refractivity contribution >= 4 is 27.2 Å². The Morgan fingerprint density at radius 3 is 2.00 bits per heavy atom. The standard InChI is InChI=1S/C18H12F6N2O3S/c1-26-14-5-3-2-4-13(14)16(27)15(30(26,28)29)9-25-12-7-10(17(19,20)21)6-11(8-12)18(22,23)24/h2-9,25H,1H3/b15-9+. The molecule has 2 aromatic carbocycles. The third-order valence-electron chi connectivity index (χ3n) is 4.31. The summed E-state index contributed by atoms with van der Waals surface area (Å²) in [4.78, 5) is 11.8. The Morgan fingerprint density at radius 2 is 1.47 bits per heavy atom. The number of nitrogens with zero attached hydrogens (tertiary/aromatic N) is 1. The molecule has 0 saturated heterocycles. The van der Waals surface area contributed by atoms with Crippen molar-refractivity contribution in [2.45, 2.75) is 12.4 Å². The third kappa shape index (κ3) is 3.86. The highest BCUT2D eigenvalue weighted by molar-refractivity contribution is 7.97. The van der Waals surface area contributed by atoms with Crippen LogP contribution >= 0.6 is 0 Å². The average Bonchev–Trinajstić information content (AvgIpc) is 2.64. The van der Waals surface area contributed by atoms with Crippen LogP contribution in [0.4, 0.5) is 37.7 Å². The molecular weight excluding hydrogens is 438 g/mol. The first kappa shape index (κ1) is 21.7. The molecule has 1 heterocycles. The molecule has 0 aromatic heterocycles. The molecule has 0 radical (unpaired) electrons. The number of allylic oxidation sites excluding steroid dienone is 1. The molecule has 0 fully saturated rings. The van der Waals surface area contributed by atoms with Gasteiger partial charge in [0.25, 0.3) is 10.0 Å². The molecular formula is C18H12F6N2O3S. The van der Waals surface area contributed by atoms with Gasteiger partial charge in [-0.1, -0.05) is 12.1 Å². The minimum absolute atomic E-state index is 0.0166. The van der Waals surface area contributed by atoms with Gasteiger partial charge in [0.2, 0.25) is 5.78 Å². The van der Waals surface area contributed by atoms with Crippen LogP contribution in [0, 0.1) is 0 Å². The fraction of sp³-hybridized carbons (Fsp3) is 0.167. The maximum absolute atomic E-state index is 13.0. The van der Waals surface area contributed by atoms with Gasteiger partial charge in [-0.25, -0.2) is 8.42 Å². The molecule has 1 N–H and O–H groups in total. The number of benzene rings is 2. The van der Waals surface area contributed by atoms with Crippen molar-refractivity contribution < 1.29 is 39.6 Å². The predicted molar refractivity (Wildman–Crippen MR) is 96.2 cm³/mol. The van der Waals surface area contributed by atoms with Crippen molar-refractivity contribution in [1.82, 2.24) is 0 Å². The molecule has 0 saturated carbocycles. The number of halogens is 6. The number of Topliss-reactive ketones (excluding diaryl/α,β-unsaturated/α-hetero) is 1. The second-order valence-corrected chi connectivity index (χ2v) is 8.20. The van der Waals surface area contributed by atoms with Crippen LogP contribution in [-0.4, -0.2) is 21.2 Å². The molecule has 2 aromatic rings. The van der Waals surface area contributed by atoms with Crippen molar-refractivity contribution in [3.63, 3.8) is 0 Å². The molecule has 0 bridgehead atoms. The number of rotatable bonds is 2. The van der Waals surface area contributed by atoms with Crippen molar-refractivity contribution in [1.29, 1.82) is 0 Å². The van der Waals surface area contributed by atoms with Crippen LogP contribution in [-0.2, 0) is 22.4 Å². The second kappa shape index (κ2) is 7.04. The van der Waals surface area contributed by atoms with E-state index >= 15 is 0 Å². The fourth-order valence-electron chi connectivity index (χ4n) is 2.79. The lowest BCUT2D eigenvalue weighted by molar-refractivity contribution is -0.143. The van der Waals surface area contributed by atoms with Gasteiger partial charge in [0.15, 0.2) is 4.91 Å². The van der Waals surface area contributed by atoms with Crippen LogP contribution in [0.15, 0.2) is 53.6 Å². The summed E-state index contributed by atoms with van der Waals surface area (Å²) in [5.41, 5.74) is -3.74. The monoisotopic (exact) mass is 450 g/mol. The van der Waals surface area contributed by atoms with Crippen molar-refractivity contribution in [2.24, 2.45) is 0 Å². The highest BCUT2D eigenvalue weighted by Gasteiger charge is 2.39. The lowest BCUT2D eigenvalue weighted by Gasteiger charge is -2.27. The Labute approximate surface area is 166 Å². The summed E-state index contributed by atoms with van der Waals surface area (Å²) in [6, 6.07) is 6.42. The zero-order valence-electron chi connectivity index (χ0n) is 15.0. The number of sulfonamides is 1. The fourth-order valence-corrected chi connectivity index (χ4v) is 4.06. The highest BCUT2D eigenvalue weighted by Crippen LogP contribution is 2.38. The van der Waals surface area contributed by atoms with Gasteiger partial charge >= 0.3 is 12.4 Å². The minimum atomic E-state index is -5.07. The molecule has 0 amide bonds. The number of anilines is 2. The summed E-state index contributed by atoms with van der Waals surface area (Å²) in [7, 11) is -3.21. The van der Waals surface area contributed by atoms with Crippen LogP contribution in [0.25, 0.3) is 0 Å². The molecule has 0 unspecified atom stereocenters. The number of carbonyl (C=O) groups is 1. The van der Waals surface area contributed by atoms with Crippen LogP contribution in [0.1, 0.15) is 21.5 Å². The molecule has 1 aliphatic heterocycles. The lowest BCUT2D eigenvalue weighted by Crippen LogP contribution is -2.36. The van der Waals surface area contributed by atoms with E-state index in [2.05, 4.69) is 5.32 Å². The number of alkyl halides is 6. The van der Waals surface area contributed by atoms with Crippen molar-refractivity contribution in [2.75, 3.05) is 16.7 Å². The first-order valence-corrected chi connectivity index (χ1v) is 9.56. The van der Waals surface area contributed by atoms with Gasteiger partial charge in [-0.15, -0.1) is 0 Å². The van der Waals surface area contributed by atoms with Crippen LogP contribution in [0.3, 0.4) is 0 Å². The van der Waals surface area contributed by atoms with E-state index in [-0.39, 0.29) is 17.3 Å². The number of para-hydroxylation sites is 1. The molecule has 5 nitrogen and oxygen atoms in total. The van der Waals surface area contributed by atoms with E-state index in [1.165, 1.54) is 31.3 Å². The van der Waals surface area contributed by atoms with Gasteiger partial charge in [-0.05, 0) is 30.3 Å². The number of ketones is 1. The Bertz CT molecular complexity index is 1120. The zero-order chi connectivity index (χ0) is 22.5. The summed E-state index contributed by atoms with van der Waals surface area (Å²) < 4.78 is 104. The van der Waals surface area contributed by atoms with E-state index in [4.69, 9.17) is 0 Å². The summed E-state index contributed by atoms with van der Waals surface area (Å²) in [6.45, 7) is 0. The maximum atomic E-state index is 13.0. The van der Waals surface area contributed by atoms with E-state index in [1.807, 2.05) is 0 Å². The second-order valence-electron chi connectivity index (χ2n) is 6.27. The Hall–Kier alpha value is -3.02. The first-order chi connectivity index (χ1) is 13.7. The van der Waals surface area contributed by atoms with Gasteiger partial charge in [0.05, 0.1) is 16.8 Å². The van der Waals surface area contributed by atoms with Gasteiger partial charge in [0, 0.05) is 24.5 Å². The average molecular weight is 450 g/mol. The van der Waals surface area contributed by atoms with Crippen LogP contribution in [0.2, 0.25) is 0 Å². The van der Waals surface area contributed by atoms with Crippen LogP contribution in [0.5, 0.6) is 0 Å². The van der Waals surface area contributed by atoms with Crippen molar-refractivity contribution in [3.05, 3.63) is 70.3 Å². The molecule has 12 heteroatoms. The highest BCUT2D eigenvalue weighted by atomic mass is 32.2. The third-order valence-corrected chi connectivity index (χ3v) is 6.08. The van der Waals surface area contributed by atoms with E-state index in [9.17, 15) is 39.6 Å². The summed E-state index contributed by atoms with van der Waals surface area (Å²) in [6.07, 6.45) is -9.56. The van der Waals surface area contributed by atoms with Gasteiger partial charge in [-0.2, -0.15) is 26.3 Å². The number of nitrogens with one attached hydrogen (secondary N) is 1. The Morgan fingerprint density at radius 1 is 0.933 bits per heavy atom. The number of hydrogen-bond acceptors (Lipinski definition) is 4. The summed E-state index contributed by atoms with van der Waals surface area (Å²) in [5, 5.41) is 2.09. The summed E-state index contributed by atoms with van der Waals surface area (Å²) >= 11 is 0. The Kier molecular flexibility index (Phi) is 5.09. The largest absolute Gasteiger partial charge is 0.416 e. The Balaban J connectivity index is 2.08. The smallest absolute Gasteiger partial charge is 0.360 e. The maximum Gasteiger partial charge on any atom is 0.416 e. The molecule has 0 aliphatic carbocycles. The molecule has 160 valence electrons. The zero-order valence-corrected chi connectivity index (χ0v) is 15.8. The number of hydrogen-bond donors (Lipinski definition) is 1. The number of carbonyl (C=O) groups excluding carboxylic acids is 1.